The molecule has 1 aliphatic heterocycles. The maximum absolute atomic E-state index is 13.3. The SMILES string of the molecule is CC1(C)CC(c2ccccc2C(F)(F)F)=NN1C(=O)CCCc1ccccc1. The number of nitrogens with zero attached hydrogens (tertiary/aromatic N) is 2. The summed E-state index contributed by atoms with van der Waals surface area (Å²) >= 11 is 0. The van der Waals surface area contributed by atoms with Crippen LogP contribution in [0.1, 0.15) is 49.8 Å². The van der Waals surface area contributed by atoms with E-state index in [2.05, 4.69) is 5.10 Å². The van der Waals surface area contributed by atoms with E-state index in [1.807, 2.05) is 44.2 Å². The molecule has 1 heterocycles. The Bertz CT molecular complexity index is 873. The van der Waals surface area contributed by atoms with Crippen LogP contribution in [0.3, 0.4) is 0 Å². The molecule has 1 amide bonds. The number of aryl methyl sites for hydroxylation is 1. The average Bonchev–Trinajstić information content (AvgIpc) is 2.97. The van der Waals surface area contributed by atoms with E-state index in [0.29, 0.717) is 18.6 Å². The van der Waals surface area contributed by atoms with Gasteiger partial charge in [0, 0.05) is 18.4 Å². The number of halogens is 3. The monoisotopic (exact) mass is 388 g/mol. The normalized spacial score (nSPS) is 16.2. The largest absolute Gasteiger partial charge is 0.417 e. The predicted octanol–water partition coefficient (Wildman–Crippen LogP) is 5.44. The van der Waals surface area contributed by atoms with Gasteiger partial charge in [-0.1, -0.05) is 48.5 Å². The van der Waals surface area contributed by atoms with Crippen molar-refractivity contribution in [2.45, 2.75) is 51.2 Å². The van der Waals surface area contributed by atoms with Gasteiger partial charge in [0.2, 0.25) is 5.91 Å². The number of amides is 1. The van der Waals surface area contributed by atoms with Gasteiger partial charge in [0.25, 0.3) is 0 Å². The lowest BCUT2D eigenvalue weighted by Crippen LogP contribution is -2.40. The van der Waals surface area contributed by atoms with Crippen LogP contribution < -0.4 is 0 Å². The van der Waals surface area contributed by atoms with Crippen LogP contribution in [0.15, 0.2) is 59.7 Å². The van der Waals surface area contributed by atoms with Crippen LogP contribution in [0.2, 0.25) is 0 Å². The van der Waals surface area contributed by atoms with Crippen LogP contribution in [0, 0.1) is 0 Å². The first kappa shape index (κ1) is 20.1. The van der Waals surface area contributed by atoms with Gasteiger partial charge in [0.1, 0.15) is 0 Å². The molecule has 2 aromatic rings. The van der Waals surface area contributed by atoms with Gasteiger partial charge in [-0.15, -0.1) is 0 Å². The fraction of sp³-hybridized carbons (Fsp3) is 0.364. The van der Waals surface area contributed by atoms with Crippen LogP contribution in [0.5, 0.6) is 0 Å². The van der Waals surface area contributed by atoms with Gasteiger partial charge in [-0.05, 0) is 38.3 Å². The van der Waals surface area contributed by atoms with Crippen molar-refractivity contribution in [1.82, 2.24) is 5.01 Å². The third kappa shape index (κ3) is 4.43. The molecule has 28 heavy (non-hydrogen) atoms. The highest BCUT2D eigenvalue weighted by atomic mass is 19.4. The van der Waals surface area contributed by atoms with E-state index < -0.39 is 17.3 Å². The molecule has 6 heteroatoms. The number of alkyl halides is 3. The number of carbonyl (C=O) groups excluding carboxylic acids is 1. The molecule has 3 rings (SSSR count). The van der Waals surface area contributed by atoms with Gasteiger partial charge in [-0.2, -0.15) is 18.3 Å². The minimum atomic E-state index is -4.46. The van der Waals surface area contributed by atoms with Crippen molar-refractivity contribution in [3.05, 3.63) is 71.3 Å². The fourth-order valence-corrected chi connectivity index (χ4v) is 3.49. The van der Waals surface area contributed by atoms with Crippen molar-refractivity contribution in [2.24, 2.45) is 5.10 Å². The minimum Gasteiger partial charge on any atom is -0.273 e. The Labute approximate surface area is 162 Å². The third-order valence-corrected chi connectivity index (χ3v) is 4.87. The highest BCUT2D eigenvalue weighted by Gasteiger charge is 2.41. The topological polar surface area (TPSA) is 32.7 Å². The summed E-state index contributed by atoms with van der Waals surface area (Å²) in [6, 6.07) is 15.3. The molecular weight excluding hydrogens is 365 g/mol. The zero-order valence-electron chi connectivity index (χ0n) is 16.0. The number of hydrazone groups is 1. The molecule has 3 nitrogen and oxygen atoms in total. The molecule has 1 aliphatic rings. The lowest BCUT2D eigenvalue weighted by Gasteiger charge is -2.28. The van der Waals surface area contributed by atoms with Gasteiger partial charge in [-0.3, -0.25) is 4.79 Å². The first-order valence-electron chi connectivity index (χ1n) is 9.29. The summed E-state index contributed by atoms with van der Waals surface area (Å²) in [5.74, 6) is -0.166. The Morgan fingerprint density at radius 1 is 1.07 bits per heavy atom. The quantitative estimate of drug-likeness (QED) is 0.671. The van der Waals surface area contributed by atoms with E-state index >= 15 is 0 Å². The van der Waals surface area contributed by atoms with Crippen molar-refractivity contribution in [1.29, 1.82) is 0 Å². The molecule has 0 bridgehead atoms. The maximum atomic E-state index is 13.3. The molecule has 0 aromatic heterocycles. The summed E-state index contributed by atoms with van der Waals surface area (Å²) in [6.45, 7) is 3.66. The summed E-state index contributed by atoms with van der Waals surface area (Å²) in [4.78, 5) is 12.7. The molecule has 148 valence electrons. The second-order valence-corrected chi connectivity index (χ2v) is 7.62. The Morgan fingerprint density at radius 3 is 2.39 bits per heavy atom. The molecule has 0 atom stereocenters. The standard InChI is InChI=1S/C22H23F3N2O/c1-21(2)15-19(17-12-6-7-13-18(17)22(23,24)25)26-27(21)20(28)14-8-11-16-9-4-3-5-10-16/h3-7,9-10,12-13H,8,11,14-15H2,1-2H3. The maximum Gasteiger partial charge on any atom is 0.417 e. The van der Waals surface area contributed by atoms with Gasteiger partial charge in [-0.25, -0.2) is 5.01 Å². The van der Waals surface area contributed by atoms with Crippen LogP contribution in [-0.2, 0) is 17.4 Å². The summed E-state index contributed by atoms with van der Waals surface area (Å²) in [7, 11) is 0. The Kier molecular flexibility index (Phi) is 5.59. The van der Waals surface area contributed by atoms with E-state index in [-0.39, 0.29) is 17.9 Å². The van der Waals surface area contributed by atoms with E-state index in [4.69, 9.17) is 0 Å². The van der Waals surface area contributed by atoms with E-state index in [1.165, 1.54) is 17.1 Å². The first-order valence-corrected chi connectivity index (χ1v) is 9.29. The second kappa shape index (κ2) is 7.78. The Balaban J connectivity index is 1.75. The molecule has 0 unspecified atom stereocenters. The molecule has 0 spiro atoms. The molecule has 0 saturated heterocycles. The molecule has 0 fully saturated rings. The van der Waals surface area contributed by atoms with Crippen LogP contribution in [-0.4, -0.2) is 22.2 Å². The van der Waals surface area contributed by atoms with Gasteiger partial charge >= 0.3 is 6.18 Å². The predicted molar refractivity (Wildman–Crippen MR) is 103 cm³/mol. The fourth-order valence-electron chi connectivity index (χ4n) is 3.49. The molecule has 0 saturated carbocycles. The van der Waals surface area contributed by atoms with Gasteiger partial charge in [0.15, 0.2) is 0 Å². The molecule has 2 aromatic carbocycles. The van der Waals surface area contributed by atoms with E-state index in [0.717, 1.165) is 18.1 Å². The minimum absolute atomic E-state index is 0.0441. The molecule has 0 aliphatic carbocycles. The van der Waals surface area contributed by atoms with Crippen molar-refractivity contribution in [2.75, 3.05) is 0 Å². The van der Waals surface area contributed by atoms with Crippen molar-refractivity contribution >= 4 is 11.6 Å². The van der Waals surface area contributed by atoms with E-state index in [9.17, 15) is 18.0 Å². The summed E-state index contributed by atoms with van der Waals surface area (Å²) in [5, 5.41) is 5.67. The van der Waals surface area contributed by atoms with Crippen molar-refractivity contribution in [3.63, 3.8) is 0 Å². The van der Waals surface area contributed by atoms with Gasteiger partial charge in [0.05, 0.1) is 16.8 Å². The van der Waals surface area contributed by atoms with E-state index in [1.54, 1.807) is 6.07 Å². The zero-order chi connectivity index (χ0) is 20.4. The number of hydrogen-bond donors (Lipinski definition) is 0. The molecule has 0 radical (unpaired) electrons. The number of carbonyl (C=O) groups is 1. The number of benzene rings is 2. The lowest BCUT2D eigenvalue weighted by molar-refractivity contribution is -0.137. The Hall–Kier alpha value is -2.63. The average molecular weight is 388 g/mol. The Morgan fingerprint density at radius 2 is 1.71 bits per heavy atom. The second-order valence-electron chi connectivity index (χ2n) is 7.62. The molecular formula is C22H23F3N2O. The van der Waals surface area contributed by atoms with Gasteiger partial charge < -0.3 is 0 Å². The zero-order valence-corrected chi connectivity index (χ0v) is 16.0. The highest BCUT2D eigenvalue weighted by Crippen LogP contribution is 2.36. The highest BCUT2D eigenvalue weighted by molar-refractivity contribution is 6.04. The number of hydrogen-bond acceptors (Lipinski definition) is 2. The van der Waals surface area contributed by atoms with Crippen molar-refractivity contribution in [3.8, 4) is 0 Å². The summed E-state index contributed by atoms with van der Waals surface area (Å²) in [6.07, 6.45) is -2.44. The lowest BCUT2D eigenvalue weighted by atomic mass is 9.92. The molecule has 0 N–H and O–H groups in total. The smallest absolute Gasteiger partial charge is 0.273 e. The number of rotatable bonds is 5. The first-order chi connectivity index (χ1) is 13.2. The van der Waals surface area contributed by atoms with Crippen LogP contribution >= 0.6 is 0 Å². The summed E-state index contributed by atoms with van der Waals surface area (Å²) in [5.41, 5.74) is 0.122. The summed E-state index contributed by atoms with van der Waals surface area (Å²) < 4.78 is 40.0. The van der Waals surface area contributed by atoms with Crippen LogP contribution in [0.25, 0.3) is 0 Å². The van der Waals surface area contributed by atoms with Crippen LogP contribution in [0.4, 0.5) is 13.2 Å². The van der Waals surface area contributed by atoms with Crippen molar-refractivity contribution < 1.29 is 18.0 Å². The third-order valence-electron chi connectivity index (χ3n) is 4.87.